The zero-order chi connectivity index (χ0) is 22.1. The Morgan fingerprint density at radius 3 is 2.42 bits per heavy atom. The first-order chi connectivity index (χ1) is 15.1. The van der Waals surface area contributed by atoms with Crippen molar-refractivity contribution in [2.45, 2.75) is 31.5 Å². The van der Waals surface area contributed by atoms with Gasteiger partial charge in [-0.2, -0.15) is 0 Å². The molecule has 0 radical (unpaired) electrons. The molecule has 1 saturated heterocycles. The zero-order valence-corrected chi connectivity index (χ0v) is 19.3. The number of hydrogen-bond donors (Lipinski definition) is 2. The van der Waals surface area contributed by atoms with Gasteiger partial charge >= 0.3 is 0 Å². The van der Waals surface area contributed by atoms with Gasteiger partial charge in [-0.25, -0.2) is 0 Å². The van der Waals surface area contributed by atoms with Gasteiger partial charge in [-0.3, -0.25) is 9.89 Å². The first kappa shape index (κ1) is 23.1. The predicted molar refractivity (Wildman–Crippen MR) is 129 cm³/mol. The molecule has 1 heterocycles. The van der Waals surface area contributed by atoms with E-state index in [0.29, 0.717) is 6.04 Å². The highest BCUT2D eigenvalue weighted by atomic mass is 16.5. The summed E-state index contributed by atoms with van der Waals surface area (Å²) in [6.07, 6.45) is 2.24. The topological polar surface area (TPSA) is 52.1 Å². The third-order valence-corrected chi connectivity index (χ3v) is 5.99. The second-order valence-corrected chi connectivity index (χ2v) is 8.35. The Labute approximate surface area is 187 Å². The van der Waals surface area contributed by atoms with E-state index in [1.807, 2.05) is 19.2 Å². The Balaban J connectivity index is 1.50. The largest absolute Gasteiger partial charge is 0.496 e. The number of piperidine rings is 1. The number of methoxy groups -OCH3 is 1. The van der Waals surface area contributed by atoms with E-state index >= 15 is 0 Å². The standard InChI is InChI=1S/C25H37N5O/c1-26-25(27-18-23(29(2)3)22-12-8-9-13-24(22)31-4)28-21-14-16-30(17-15-21)19-20-10-6-5-7-11-20/h5-13,21,23H,14-19H2,1-4H3,(H2,26,27,28). The predicted octanol–water partition coefficient (Wildman–Crippen LogP) is 3.13. The molecule has 0 aliphatic carbocycles. The Morgan fingerprint density at radius 1 is 1.10 bits per heavy atom. The van der Waals surface area contributed by atoms with Gasteiger partial charge in [0.15, 0.2) is 5.96 Å². The van der Waals surface area contributed by atoms with E-state index in [0.717, 1.165) is 50.7 Å². The van der Waals surface area contributed by atoms with Gasteiger partial charge in [0.2, 0.25) is 0 Å². The lowest BCUT2D eigenvalue weighted by molar-refractivity contribution is 0.198. The second kappa shape index (κ2) is 11.7. The molecular weight excluding hydrogens is 386 g/mol. The third kappa shape index (κ3) is 6.71. The van der Waals surface area contributed by atoms with Crippen LogP contribution in [-0.2, 0) is 6.54 Å². The van der Waals surface area contributed by atoms with Crippen LogP contribution >= 0.6 is 0 Å². The van der Waals surface area contributed by atoms with Crippen molar-refractivity contribution in [3.8, 4) is 5.75 Å². The summed E-state index contributed by atoms with van der Waals surface area (Å²) in [5.74, 6) is 1.78. The van der Waals surface area contributed by atoms with Crippen LogP contribution in [0.15, 0.2) is 59.6 Å². The number of likely N-dealkylation sites (N-methyl/N-ethyl adjacent to an activating group) is 1. The molecule has 0 aromatic heterocycles. The van der Waals surface area contributed by atoms with Crippen molar-refractivity contribution in [1.82, 2.24) is 20.4 Å². The van der Waals surface area contributed by atoms with E-state index in [-0.39, 0.29) is 6.04 Å². The zero-order valence-electron chi connectivity index (χ0n) is 19.3. The summed E-state index contributed by atoms with van der Waals surface area (Å²) >= 11 is 0. The van der Waals surface area contributed by atoms with Crippen LogP contribution in [0, 0.1) is 0 Å². The molecule has 6 nitrogen and oxygen atoms in total. The lowest BCUT2D eigenvalue weighted by Crippen LogP contribution is -2.49. The Hall–Kier alpha value is -2.57. The maximum Gasteiger partial charge on any atom is 0.191 e. The number of aliphatic imine (C=N–C) groups is 1. The second-order valence-electron chi connectivity index (χ2n) is 8.35. The van der Waals surface area contributed by atoms with E-state index in [1.165, 1.54) is 11.1 Å². The molecule has 168 valence electrons. The van der Waals surface area contributed by atoms with Crippen LogP contribution < -0.4 is 15.4 Å². The minimum atomic E-state index is 0.183. The molecule has 1 unspecified atom stereocenters. The first-order valence-corrected chi connectivity index (χ1v) is 11.1. The fourth-order valence-electron chi connectivity index (χ4n) is 4.17. The van der Waals surface area contributed by atoms with Gasteiger partial charge < -0.3 is 20.3 Å². The average molecular weight is 424 g/mol. The number of benzene rings is 2. The van der Waals surface area contributed by atoms with E-state index in [9.17, 15) is 0 Å². The van der Waals surface area contributed by atoms with Crippen molar-refractivity contribution in [2.75, 3.05) is 47.9 Å². The number of guanidine groups is 1. The quantitative estimate of drug-likeness (QED) is 0.505. The number of nitrogens with one attached hydrogen (secondary N) is 2. The number of para-hydroxylation sites is 1. The average Bonchev–Trinajstić information content (AvgIpc) is 2.80. The van der Waals surface area contributed by atoms with Crippen LogP contribution in [0.2, 0.25) is 0 Å². The van der Waals surface area contributed by atoms with Crippen LogP contribution in [0.1, 0.15) is 30.0 Å². The smallest absolute Gasteiger partial charge is 0.191 e. The molecule has 0 bridgehead atoms. The molecule has 1 aliphatic heterocycles. The first-order valence-electron chi connectivity index (χ1n) is 11.1. The lowest BCUT2D eigenvalue weighted by atomic mass is 10.0. The fraction of sp³-hybridized carbons (Fsp3) is 0.480. The van der Waals surface area contributed by atoms with E-state index in [1.54, 1.807) is 7.11 Å². The SMILES string of the molecule is CN=C(NCC(c1ccccc1OC)N(C)C)NC1CCN(Cc2ccccc2)CC1. The van der Waals surface area contributed by atoms with E-state index in [4.69, 9.17) is 4.74 Å². The van der Waals surface area contributed by atoms with Crippen molar-refractivity contribution in [1.29, 1.82) is 0 Å². The normalized spacial score (nSPS) is 16.9. The maximum absolute atomic E-state index is 5.58. The summed E-state index contributed by atoms with van der Waals surface area (Å²) in [4.78, 5) is 9.21. The molecule has 2 aromatic rings. The molecule has 2 aromatic carbocycles. The van der Waals surface area contributed by atoms with Gasteiger partial charge in [0.05, 0.1) is 13.2 Å². The van der Waals surface area contributed by atoms with Crippen LogP contribution in [0.3, 0.4) is 0 Å². The van der Waals surface area contributed by atoms with Gasteiger partial charge in [-0.1, -0.05) is 48.5 Å². The number of likely N-dealkylation sites (tertiary alicyclic amines) is 1. The van der Waals surface area contributed by atoms with Crippen molar-refractivity contribution in [3.05, 3.63) is 65.7 Å². The van der Waals surface area contributed by atoms with Crippen LogP contribution in [0.4, 0.5) is 0 Å². The molecule has 1 aliphatic rings. The van der Waals surface area contributed by atoms with Gasteiger partial charge in [0.1, 0.15) is 5.75 Å². The fourth-order valence-corrected chi connectivity index (χ4v) is 4.17. The molecule has 0 spiro atoms. The molecule has 2 N–H and O–H groups in total. The van der Waals surface area contributed by atoms with E-state index in [2.05, 4.69) is 82.0 Å². The molecule has 0 saturated carbocycles. The number of nitrogens with zero attached hydrogens (tertiary/aromatic N) is 3. The third-order valence-electron chi connectivity index (χ3n) is 5.99. The highest BCUT2D eigenvalue weighted by molar-refractivity contribution is 5.80. The van der Waals surface area contributed by atoms with Crippen LogP contribution in [0.25, 0.3) is 0 Å². The van der Waals surface area contributed by atoms with Gasteiger partial charge in [-0.05, 0) is 38.6 Å². The molecule has 6 heteroatoms. The summed E-state index contributed by atoms with van der Waals surface area (Å²) in [5, 5.41) is 7.15. The summed E-state index contributed by atoms with van der Waals surface area (Å²) in [5.41, 5.74) is 2.56. The molecule has 0 amide bonds. The lowest BCUT2D eigenvalue weighted by Gasteiger charge is -2.33. The molecule has 31 heavy (non-hydrogen) atoms. The molecule has 1 fully saturated rings. The maximum atomic E-state index is 5.58. The highest BCUT2D eigenvalue weighted by Gasteiger charge is 2.22. The Morgan fingerprint density at radius 2 is 1.77 bits per heavy atom. The van der Waals surface area contributed by atoms with Crippen LogP contribution in [-0.4, -0.2) is 69.7 Å². The summed E-state index contributed by atoms with van der Waals surface area (Å²) in [6.45, 7) is 3.99. The van der Waals surface area contributed by atoms with Crippen molar-refractivity contribution in [3.63, 3.8) is 0 Å². The molecule has 3 rings (SSSR count). The Kier molecular flexibility index (Phi) is 8.74. The van der Waals surface area contributed by atoms with Gasteiger partial charge in [0.25, 0.3) is 0 Å². The number of ether oxygens (including phenoxy) is 1. The summed E-state index contributed by atoms with van der Waals surface area (Å²) in [7, 11) is 7.76. The summed E-state index contributed by atoms with van der Waals surface area (Å²) in [6, 6.07) is 19.6. The van der Waals surface area contributed by atoms with Gasteiger partial charge in [0, 0.05) is 44.8 Å². The number of rotatable bonds is 8. The molecular formula is C25H37N5O. The van der Waals surface area contributed by atoms with Crippen molar-refractivity contribution < 1.29 is 4.74 Å². The minimum Gasteiger partial charge on any atom is -0.496 e. The molecule has 1 atom stereocenters. The van der Waals surface area contributed by atoms with Crippen molar-refractivity contribution in [2.24, 2.45) is 4.99 Å². The van der Waals surface area contributed by atoms with E-state index < -0.39 is 0 Å². The van der Waals surface area contributed by atoms with Gasteiger partial charge in [-0.15, -0.1) is 0 Å². The Bertz CT molecular complexity index is 816. The van der Waals surface area contributed by atoms with Crippen molar-refractivity contribution >= 4 is 5.96 Å². The summed E-state index contributed by atoms with van der Waals surface area (Å²) < 4.78 is 5.58. The highest BCUT2D eigenvalue weighted by Crippen LogP contribution is 2.27. The number of hydrogen-bond acceptors (Lipinski definition) is 4. The monoisotopic (exact) mass is 423 g/mol. The van der Waals surface area contributed by atoms with Crippen LogP contribution in [0.5, 0.6) is 5.75 Å². The minimum absolute atomic E-state index is 0.183.